The van der Waals surface area contributed by atoms with Crippen LogP contribution in [0.5, 0.6) is 0 Å². The number of urea groups is 1. The van der Waals surface area contributed by atoms with Crippen molar-refractivity contribution < 1.29 is 28.6 Å². The maximum Gasteiger partial charge on any atom is 0.317 e. The first-order valence-electron chi connectivity index (χ1n) is 11.5. The van der Waals surface area contributed by atoms with Crippen LogP contribution in [0.1, 0.15) is 25.2 Å². The Balaban J connectivity index is 0.000000269. The van der Waals surface area contributed by atoms with E-state index >= 15 is 0 Å². The van der Waals surface area contributed by atoms with Crippen LogP contribution in [0.25, 0.3) is 11.0 Å². The van der Waals surface area contributed by atoms with Gasteiger partial charge in [-0.1, -0.05) is 30.7 Å². The minimum atomic E-state index is -0.351. The number of amides is 3. The molecule has 1 unspecified atom stereocenters. The molecule has 10 nitrogen and oxygen atoms in total. The number of esters is 1. The molecule has 0 radical (unpaired) electrons. The summed E-state index contributed by atoms with van der Waals surface area (Å²) in [5.41, 5.74) is 2.36. The second kappa shape index (κ2) is 15.3. The Morgan fingerprint density at radius 3 is 2.59 bits per heavy atom. The fourth-order valence-electron chi connectivity index (χ4n) is 3.15. The topological polar surface area (TPSA) is 133 Å². The Morgan fingerprint density at radius 1 is 1.22 bits per heavy atom. The molecule has 0 aliphatic carbocycles. The summed E-state index contributed by atoms with van der Waals surface area (Å²) in [6.45, 7) is 4.43. The van der Waals surface area contributed by atoms with E-state index in [-0.39, 0.29) is 24.5 Å². The summed E-state index contributed by atoms with van der Waals surface area (Å²) in [5.74, 6) is -0.131. The molecule has 198 valence electrons. The lowest BCUT2D eigenvalue weighted by molar-refractivity contribution is -0.147. The third kappa shape index (κ3) is 9.94. The highest BCUT2D eigenvalue weighted by Gasteiger charge is 2.19. The molecule has 3 N–H and O–H groups in total. The third-order valence-corrected chi connectivity index (χ3v) is 5.26. The molecule has 0 aliphatic rings. The van der Waals surface area contributed by atoms with Gasteiger partial charge in [0.05, 0.1) is 24.6 Å². The van der Waals surface area contributed by atoms with Crippen molar-refractivity contribution in [1.82, 2.24) is 15.5 Å². The predicted octanol–water partition coefficient (Wildman–Crippen LogP) is 4.01. The Hall–Kier alpha value is -3.89. The lowest BCUT2D eigenvalue weighted by Gasteiger charge is -2.21. The van der Waals surface area contributed by atoms with Crippen LogP contribution in [0.3, 0.4) is 0 Å². The predicted molar refractivity (Wildman–Crippen MR) is 142 cm³/mol. The summed E-state index contributed by atoms with van der Waals surface area (Å²) in [6, 6.07) is 14.1. The van der Waals surface area contributed by atoms with E-state index in [4.69, 9.17) is 25.9 Å². The lowest BCUT2D eigenvalue weighted by atomic mass is 10.2. The number of rotatable bonds is 10. The highest BCUT2D eigenvalue weighted by molar-refractivity contribution is 6.30. The Morgan fingerprint density at radius 2 is 1.95 bits per heavy atom. The largest absolute Gasteiger partial charge is 0.466 e. The molecule has 1 atom stereocenters. The van der Waals surface area contributed by atoms with Crippen LogP contribution < -0.4 is 10.6 Å². The molecule has 0 fully saturated rings. The van der Waals surface area contributed by atoms with Crippen LogP contribution in [0.2, 0.25) is 5.02 Å². The molecule has 37 heavy (non-hydrogen) atoms. The average molecular weight is 531 g/mol. The van der Waals surface area contributed by atoms with Gasteiger partial charge in [0.2, 0.25) is 6.41 Å². The number of aliphatic hydroxyl groups excluding tert-OH is 1. The molecular formula is C26H31ClN4O6. The number of aliphatic imine (C=N–C) groups is 1. The van der Waals surface area contributed by atoms with Crippen LogP contribution in [-0.2, 0) is 27.5 Å². The van der Waals surface area contributed by atoms with E-state index < -0.39 is 0 Å². The second-order valence-electron chi connectivity index (χ2n) is 7.95. The molecular weight excluding hydrogens is 500 g/mol. The smallest absolute Gasteiger partial charge is 0.317 e. The maximum atomic E-state index is 11.9. The number of furan rings is 1. The van der Waals surface area contributed by atoms with Crippen molar-refractivity contribution in [3.05, 3.63) is 64.9 Å². The van der Waals surface area contributed by atoms with E-state index in [1.807, 2.05) is 12.1 Å². The van der Waals surface area contributed by atoms with Crippen molar-refractivity contribution in [3.8, 4) is 0 Å². The number of fused-ring (bicyclic) bond motifs is 1. The van der Waals surface area contributed by atoms with E-state index in [1.54, 1.807) is 57.3 Å². The quantitative estimate of drug-likeness (QED) is 0.157. The Labute approximate surface area is 220 Å². The van der Waals surface area contributed by atoms with E-state index in [9.17, 15) is 14.4 Å². The van der Waals surface area contributed by atoms with Crippen molar-refractivity contribution in [3.63, 3.8) is 0 Å². The first-order valence-corrected chi connectivity index (χ1v) is 11.9. The number of hydrogen-bond acceptors (Lipinski definition) is 7. The van der Waals surface area contributed by atoms with Gasteiger partial charge < -0.3 is 29.8 Å². The maximum absolute atomic E-state index is 11.9. The number of benzene rings is 2. The van der Waals surface area contributed by atoms with Gasteiger partial charge in [0, 0.05) is 30.5 Å². The molecule has 1 heterocycles. The molecule has 0 bridgehead atoms. The normalized spacial score (nSPS) is 11.4. The summed E-state index contributed by atoms with van der Waals surface area (Å²) in [6.07, 6.45) is 1.85. The SMILES string of the molecule is CCOC(=O)C(C)CN(C)C(=O)NCc1ccc(Cl)cc1.O=CNC=Nc1ccc2oc(CO)cc2c1. The summed E-state index contributed by atoms with van der Waals surface area (Å²) in [4.78, 5) is 38.9. The molecule has 0 saturated carbocycles. The van der Waals surface area contributed by atoms with Crippen LogP contribution in [0.15, 0.2) is 57.9 Å². The van der Waals surface area contributed by atoms with E-state index in [1.165, 1.54) is 11.2 Å². The Kier molecular flexibility index (Phi) is 12.1. The summed E-state index contributed by atoms with van der Waals surface area (Å²) in [7, 11) is 1.65. The van der Waals surface area contributed by atoms with E-state index in [2.05, 4.69) is 15.6 Å². The minimum Gasteiger partial charge on any atom is -0.466 e. The molecule has 3 rings (SSSR count). The van der Waals surface area contributed by atoms with Gasteiger partial charge in [0.15, 0.2) is 0 Å². The zero-order valence-corrected chi connectivity index (χ0v) is 21.7. The van der Waals surface area contributed by atoms with Gasteiger partial charge in [-0.2, -0.15) is 0 Å². The van der Waals surface area contributed by atoms with Crippen molar-refractivity contribution in [2.45, 2.75) is 27.0 Å². The summed E-state index contributed by atoms with van der Waals surface area (Å²) in [5, 5.41) is 15.5. The molecule has 0 saturated heterocycles. The van der Waals surface area contributed by atoms with Gasteiger partial charge >= 0.3 is 12.0 Å². The molecule has 0 aliphatic heterocycles. The van der Waals surface area contributed by atoms with Crippen LogP contribution in [0, 0.1) is 5.92 Å². The number of carbonyl (C=O) groups is 3. The summed E-state index contributed by atoms with van der Waals surface area (Å²) < 4.78 is 10.2. The fourth-order valence-corrected chi connectivity index (χ4v) is 3.28. The van der Waals surface area contributed by atoms with E-state index in [0.717, 1.165) is 10.9 Å². The van der Waals surface area contributed by atoms with Crippen LogP contribution in [-0.4, -0.2) is 55.0 Å². The lowest BCUT2D eigenvalue weighted by Crippen LogP contribution is -2.40. The zero-order chi connectivity index (χ0) is 27.2. The number of nitrogens with zero attached hydrogens (tertiary/aromatic N) is 2. The van der Waals surface area contributed by atoms with Crippen LogP contribution >= 0.6 is 11.6 Å². The number of aliphatic hydroxyl groups is 1. The van der Waals surface area contributed by atoms with Gasteiger partial charge in [-0.05, 0) is 48.9 Å². The highest BCUT2D eigenvalue weighted by atomic mass is 35.5. The minimum absolute atomic E-state index is 0.125. The van der Waals surface area contributed by atoms with Gasteiger partial charge in [0.25, 0.3) is 0 Å². The first-order chi connectivity index (χ1) is 17.8. The number of hydrogen-bond donors (Lipinski definition) is 3. The fraction of sp³-hybridized carbons (Fsp3) is 0.308. The van der Waals surface area contributed by atoms with E-state index in [0.29, 0.717) is 48.2 Å². The zero-order valence-electron chi connectivity index (χ0n) is 20.9. The van der Waals surface area contributed by atoms with Crippen molar-refractivity contribution in [2.75, 3.05) is 20.2 Å². The van der Waals surface area contributed by atoms with Crippen molar-refractivity contribution >= 4 is 53.0 Å². The molecule has 3 aromatic rings. The summed E-state index contributed by atoms with van der Waals surface area (Å²) >= 11 is 5.80. The average Bonchev–Trinajstić information content (AvgIpc) is 3.31. The monoisotopic (exact) mass is 530 g/mol. The highest BCUT2D eigenvalue weighted by Crippen LogP contribution is 2.24. The van der Waals surface area contributed by atoms with Crippen molar-refractivity contribution in [2.24, 2.45) is 10.9 Å². The second-order valence-corrected chi connectivity index (χ2v) is 8.39. The molecule has 1 aromatic heterocycles. The standard InChI is InChI=1S/C15H21ClN2O3.C11H10N2O3/c1-4-21-14(19)11(2)10-18(3)15(20)17-9-12-5-7-13(16)8-6-12;14-5-10-4-8-3-9(13-6-12-7-15)1-2-11(8)16-10/h5-8,11H,4,9-10H2,1-3H3,(H,17,20);1-4,6-7,14H,5H2,(H,12,13,15). The Bertz CT molecular complexity index is 1200. The van der Waals surface area contributed by atoms with Gasteiger partial charge in [-0.15, -0.1) is 0 Å². The number of nitrogens with one attached hydrogen (secondary N) is 2. The number of carbonyl (C=O) groups excluding carboxylic acids is 3. The molecule has 0 spiro atoms. The van der Waals surface area contributed by atoms with Crippen molar-refractivity contribution in [1.29, 1.82) is 0 Å². The van der Waals surface area contributed by atoms with Gasteiger partial charge in [-0.25, -0.2) is 9.79 Å². The molecule has 3 amide bonds. The number of ether oxygens (including phenoxy) is 1. The molecule has 2 aromatic carbocycles. The number of halogens is 1. The third-order valence-electron chi connectivity index (χ3n) is 5.00. The van der Waals surface area contributed by atoms with Crippen LogP contribution in [0.4, 0.5) is 10.5 Å². The van der Waals surface area contributed by atoms with Gasteiger partial charge in [0.1, 0.15) is 18.0 Å². The van der Waals surface area contributed by atoms with Gasteiger partial charge in [-0.3, -0.25) is 9.59 Å². The molecule has 11 heteroatoms. The first kappa shape index (κ1) is 29.3.